The maximum absolute atomic E-state index is 12.6. The van der Waals surface area contributed by atoms with Gasteiger partial charge in [0, 0.05) is 26.9 Å². The lowest BCUT2D eigenvalue weighted by atomic mass is 9.79. The van der Waals surface area contributed by atoms with Gasteiger partial charge in [-0.15, -0.1) is 0 Å². The molecule has 3 rings (SSSR count). The van der Waals surface area contributed by atoms with Gasteiger partial charge in [-0.05, 0) is 64.8 Å². The number of benzene rings is 2. The predicted molar refractivity (Wildman–Crippen MR) is 118 cm³/mol. The van der Waals surface area contributed by atoms with Gasteiger partial charge < -0.3 is 16.0 Å². The summed E-state index contributed by atoms with van der Waals surface area (Å²) in [5, 5.41) is 9.28. The van der Waals surface area contributed by atoms with Crippen molar-refractivity contribution < 1.29 is 9.59 Å². The minimum absolute atomic E-state index is 0.0477. The molecule has 0 aromatic heterocycles. The number of anilines is 1. The third-order valence-corrected chi connectivity index (χ3v) is 5.92. The Kier molecular flexibility index (Phi) is 6.34. The van der Waals surface area contributed by atoms with E-state index < -0.39 is 11.8 Å². The molecule has 0 saturated carbocycles. The van der Waals surface area contributed by atoms with Gasteiger partial charge in [0.2, 0.25) is 0 Å². The maximum Gasteiger partial charge on any atom is 0.313 e. The largest absolute Gasteiger partial charge is 0.345 e. The monoisotopic (exact) mass is 411 g/mol. The molecule has 0 bridgehead atoms. The normalized spacial score (nSPS) is 18.1. The number of amides is 2. The van der Waals surface area contributed by atoms with E-state index in [4.69, 9.17) is 0 Å². The van der Waals surface area contributed by atoms with Gasteiger partial charge >= 0.3 is 11.8 Å². The minimum Gasteiger partial charge on any atom is -0.345 e. The fourth-order valence-corrected chi connectivity index (χ4v) is 5.05. The zero-order valence-corrected chi connectivity index (χ0v) is 18.2. The van der Waals surface area contributed by atoms with Gasteiger partial charge in [0.15, 0.2) is 0 Å². The molecule has 0 aliphatic carbocycles. The first-order valence-electron chi connectivity index (χ1n) is 9.87. The van der Waals surface area contributed by atoms with E-state index in [1.807, 2.05) is 54.6 Å². The van der Waals surface area contributed by atoms with Crippen LogP contribution in [0.4, 0.5) is 5.69 Å². The Morgan fingerprint density at radius 2 is 1.48 bits per heavy atom. The summed E-state index contributed by atoms with van der Waals surface area (Å²) in [6.45, 7) is 8.46. The lowest BCUT2D eigenvalue weighted by Gasteiger charge is -2.46. The van der Waals surface area contributed by atoms with Gasteiger partial charge in [-0.3, -0.25) is 9.59 Å². The van der Waals surface area contributed by atoms with Crippen LogP contribution in [0.1, 0.15) is 40.5 Å². The molecule has 1 fully saturated rings. The number of carbonyl (C=O) groups is 2. The second-order valence-electron chi connectivity index (χ2n) is 8.84. The van der Waals surface area contributed by atoms with Crippen LogP contribution in [0.3, 0.4) is 0 Å². The van der Waals surface area contributed by atoms with Crippen LogP contribution in [0.2, 0.25) is 0 Å². The first-order valence-corrected chi connectivity index (χ1v) is 10.7. The fraction of sp³-hybridized carbons (Fsp3) is 0.391. The van der Waals surface area contributed by atoms with E-state index in [1.54, 1.807) is 11.8 Å². The lowest BCUT2D eigenvalue weighted by Crippen LogP contribution is -2.62. The zero-order valence-electron chi connectivity index (χ0n) is 17.4. The molecular weight excluding hydrogens is 382 g/mol. The molecule has 2 aromatic rings. The van der Waals surface area contributed by atoms with Crippen molar-refractivity contribution in [3.8, 4) is 0 Å². The van der Waals surface area contributed by atoms with Gasteiger partial charge in [0.05, 0.1) is 5.69 Å². The highest BCUT2D eigenvalue weighted by atomic mass is 32.2. The van der Waals surface area contributed by atoms with Crippen LogP contribution in [0.5, 0.6) is 0 Å². The fourth-order valence-electron chi connectivity index (χ4n) is 4.13. The molecule has 5 nitrogen and oxygen atoms in total. The Hall–Kier alpha value is -2.31. The molecule has 0 radical (unpaired) electrons. The first kappa shape index (κ1) is 21.4. The summed E-state index contributed by atoms with van der Waals surface area (Å²) >= 11 is 1.55. The van der Waals surface area contributed by atoms with Crippen LogP contribution in [-0.2, 0) is 9.59 Å². The Morgan fingerprint density at radius 1 is 0.897 bits per heavy atom. The van der Waals surface area contributed by atoms with Crippen LogP contribution in [0.25, 0.3) is 0 Å². The van der Waals surface area contributed by atoms with Crippen molar-refractivity contribution in [3.05, 3.63) is 54.6 Å². The highest BCUT2D eigenvalue weighted by Gasteiger charge is 2.38. The van der Waals surface area contributed by atoms with E-state index in [1.165, 1.54) is 0 Å². The van der Waals surface area contributed by atoms with Crippen molar-refractivity contribution in [3.63, 3.8) is 0 Å². The molecule has 6 heteroatoms. The highest BCUT2D eigenvalue weighted by molar-refractivity contribution is 7.99. The molecule has 3 N–H and O–H groups in total. The van der Waals surface area contributed by atoms with Crippen molar-refractivity contribution in [1.29, 1.82) is 0 Å². The van der Waals surface area contributed by atoms with E-state index in [-0.39, 0.29) is 17.1 Å². The number of nitrogens with one attached hydrogen (secondary N) is 3. The average molecular weight is 412 g/mol. The molecule has 154 valence electrons. The minimum atomic E-state index is -0.639. The second kappa shape index (κ2) is 8.59. The Morgan fingerprint density at radius 3 is 2.14 bits per heavy atom. The van der Waals surface area contributed by atoms with E-state index in [9.17, 15) is 9.59 Å². The second-order valence-corrected chi connectivity index (χ2v) is 9.95. The summed E-state index contributed by atoms with van der Waals surface area (Å²) < 4.78 is 0. The molecule has 0 unspecified atom stereocenters. The molecule has 29 heavy (non-hydrogen) atoms. The lowest BCUT2D eigenvalue weighted by molar-refractivity contribution is -0.137. The number of hydrogen-bond donors (Lipinski definition) is 3. The third-order valence-electron chi connectivity index (χ3n) is 4.84. The summed E-state index contributed by atoms with van der Waals surface area (Å²) in [4.78, 5) is 27.1. The van der Waals surface area contributed by atoms with E-state index in [0.29, 0.717) is 5.69 Å². The van der Waals surface area contributed by atoms with Gasteiger partial charge in [-0.1, -0.05) is 42.1 Å². The number of hydrogen-bond acceptors (Lipinski definition) is 4. The number of piperidine rings is 1. The van der Waals surface area contributed by atoms with Crippen molar-refractivity contribution in [2.24, 2.45) is 0 Å². The van der Waals surface area contributed by atoms with E-state index >= 15 is 0 Å². The van der Waals surface area contributed by atoms with Gasteiger partial charge in [0.25, 0.3) is 0 Å². The molecule has 1 aliphatic heterocycles. The molecule has 0 spiro atoms. The number of rotatable bonds is 4. The van der Waals surface area contributed by atoms with Gasteiger partial charge in [-0.2, -0.15) is 0 Å². The molecular formula is C23H29N3O2S. The third kappa shape index (κ3) is 6.08. The summed E-state index contributed by atoms with van der Waals surface area (Å²) in [6.07, 6.45) is 1.55. The van der Waals surface area contributed by atoms with Crippen LogP contribution in [0, 0.1) is 0 Å². The van der Waals surface area contributed by atoms with Crippen molar-refractivity contribution in [2.45, 2.75) is 67.4 Å². The summed E-state index contributed by atoms with van der Waals surface area (Å²) in [6, 6.07) is 17.4. The summed E-state index contributed by atoms with van der Waals surface area (Å²) in [7, 11) is 0. The molecule has 1 saturated heterocycles. The standard InChI is InChI=1S/C23H29N3O2S/c1-22(2)14-16(15-23(3,4)26-22)24-20(27)21(28)25-18-12-8-9-13-19(18)29-17-10-6-5-7-11-17/h5-13,16,26H,14-15H2,1-4H3,(H,24,27)(H,25,28). The topological polar surface area (TPSA) is 70.2 Å². The Labute approximate surface area is 177 Å². The molecule has 1 aliphatic rings. The summed E-state index contributed by atoms with van der Waals surface area (Å²) in [5.41, 5.74) is 0.428. The summed E-state index contributed by atoms with van der Waals surface area (Å²) in [5.74, 6) is -1.23. The van der Waals surface area contributed by atoms with Crippen molar-refractivity contribution >= 4 is 29.3 Å². The van der Waals surface area contributed by atoms with E-state index in [0.717, 1.165) is 22.6 Å². The quantitative estimate of drug-likeness (QED) is 0.660. The predicted octanol–water partition coefficient (Wildman–Crippen LogP) is 4.20. The molecule has 0 atom stereocenters. The smallest absolute Gasteiger partial charge is 0.313 e. The number of para-hydroxylation sites is 1. The van der Waals surface area contributed by atoms with Crippen molar-refractivity contribution in [2.75, 3.05) is 5.32 Å². The number of carbonyl (C=O) groups excluding carboxylic acids is 2. The maximum atomic E-state index is 12.6. The average Bonchev–Trinajstić information content (AvgIpc) is 2.61. The van der Waals surface area contributed by atoms with Crippen molar-refractivity contribution in [1.82, 2.24) is 10.6 Å². The van der Waals surface area contributed by atoms with Crippen LogP contribution < -0.4 is 16.0 Å². The van der Waals surface area contributed by atoms with Crippen LogP contribution >= 0.6 is 11.8 Å². The van der Waals surface area contributed by atoms with Crippen LogP contribution in [0.15, 0.2) is 64.4 Å². The molecule has 2 amide bonds. The highest BCUT2D eigenvalue weighted by Crippen LogP contribution is 2.33. The SMILES string of the molecule is CC1(C)CC(NC(=O)C(=O)Nc2ccccc2Sc2ccccc2)CC(C)(C)N1. The Balaban J connectivity index is 1.65. The zero-order chi connectivity index (χ0) is 21.1. The first-order chi connectivity index (χ1) is 13.6. The van der Waals surface area contributed by atoms with E-state index in [2.05, 4.69) is 43.6 Å². The Bertz CT molecular complexity index is 865. The van der Waals surface area contributed by atoms with Gasteiger partial charge in [0.1, 0.15) is 0 Å². The molecule has 2 aromatic carbocycles. The molecule has 1 heterocycles. The van der Waals surface area contributed by atoms with Crippen LogP contribution in [-0.4, -0.2) is 28.9 Å². The van der Waals surface area contributed by atoms with Gasteiger partial charge in [-0.25, -0.2) is 0 Å².